The highest BCUT2D eigenvalue weighted by atomic mass is 16.2. The summed E-state index contributed by atoms with van der Waals surface area (Å²) in [4.78, 5) is 19.7. The summed E-state index contributed by atoms with van der Waals surface area (Å²) < 4.78 is 3.93. The van der Waals surface area contributed by atoms with Crippen LogP contribution in [-0.4, -0.2) is 48.4 Å². The Kier molecular flexibility index (Phi) is 4.55. The first-order chi connectivity index (χ1) is 14.6. The Morgan fingerprint density at radius 2 is 2.03 bits per heavy atom. The quantitative estimate of drug-likeness (QED) is 0.567. The number of aromatic nitrogens is 5. The zero-order valence-corrected chi connectivity index (χ0v) is 16.8. The molecule has 0 radical (unpaired) electrons. The number of nitrogens with two attached hydrogens (primary N) is 1. The molecule has 152 valence electrons. The maximum absolute atomic E-state index is 13.1. The molecule has 1 amide bonds. The molecule has 8 heteroatoms. The summed E-state index contributed by atoms with van der Waals surface area (Å²) in [6, 6.07) is 16.0. The van der Waals surface area contributed by atoms with E-state index in [1.807, 2.05) is 59.1 Å². The third kappa shape index (κ3) is 3.15. The molecule has 8 nitrogen and oxygen atoms in total. The van der Waals surface area contributed by atoms with Crippen LogP contribution in [0.3, 0.4) is 0 Å². The van der Waals surface area contributed by atoms with Crippen molar-refractivity contribution in [2.45, 2.75) is 25.9 Å². The lowest BCUT2D eigenvalue weighted by Crippen LogP contribution is -2.29. The van der Waals surface area contributed by atoms with E-state index in [2.05, 4.69) is 27.0 Å². The molecule has 1 aliphatic rings. The summed E-state index contributed by atoms with van der Waals surface area (Å²) in [6.45, 7) is 3.65. The van der Waals surface area contributed by atoms with Gasteiger partial charge in [0.05, 0.1) is 29.0 Å². The molecule has 1 saturated heterocycles. The lowest BCUT2D eigenvalue weighted by Gasteiger charge is -2.16. The number of likely N-dealkylation sites (tertiary alicyclic amines) is 1. The monoisotopic (exact) mass is 401 g/mol. The Morgan fingerprint density at radius 3 is 2.80 bits per heavy atom. The van der Waals surface area contributed by atoms with Crippen molar-refractivity contribution in [3.05, 3.63) is 71.8 Å². The third-order valence-corrected chi connectivity index (χ3v) is 5.68. The maximum atomic E-state index is 13.1. The van der Waals surface area contributed by atoms with Crippen molar-refractivity contribution in [3.8, 4) is 5.69 Å². The van der Waals surface area contributed by atoms with Gasteiger partial charge in [0.1, 0.15) is 5.82 Å². The summed E-state index contributed by atoms with van der Waals surface area (Å²) in [5, 5.41) is 8.20. The second-order valence-electron chi connectivity index (χ2n) is 7.62. The molecule has 0 aliphatic carbocycles. The van der Waals surface area contributed by atoms with Gasteiger partial charge in [0.15, 0.2) is 0 Å². The van der Waals surface area contributed by atoms with E-state index in [1.54, 1.807) is 0 Å². The number of aryl methyl sites for hydroxylation is 1. The number of amides is 1. The van der Waals surface area contributed by atoms with E-state index in [4.69, 9.17) is 10.7 Å². The van der Waals surface area contributed by atoms with E-state index in [0.29, 0.717) is 25.2 Å². The molecule has 1 unspecified atom stereocenters. The third-order valence-electron chi connectivity index (χ3n) is 5.68. The Bertz CT molecular complexity index is 1210. The minimum Gasteiger partial charge on any atom is -0.336 e. The van der Waals surface area contributed by atoms with E-state index in [-0.39, 0.29) is 11.9 Å². The number of hydrogen-bond donors (Lipinski definition) is 1. The van der Waals surface area contributed by atoms with Crippen molar-refractivity contribution < 1.29 is 4.79 Å². The van der Waals surface area contributed by atoms with E-state index < -0.39 is 0 Å². The van der Waals surface area contributed by atoms with Gasteiger partial charge >= 0.3 is 0 Å². The number of rotatable bonds is 4. The van der Waals surface area contributed by atoms with Crippen LogP contribution >= 0.6 is 0 Å². The minimum absolute atomic E-state index is 0.0190. The molecule has 1 atom stereocenters. The van der Waals surface area contributed by atoms with Crippen LogP contribution in [0.1, 0.15) is 34.3 Å². The first-order valence-electron chi connectivity index (χ1n) is 10.1. The van der Waals surface area contributed by atoms with Gasteiger partial charge in [-0.05, 0) is 43.7 Å². The van der Waals surface area contributed by atoms with E-state index in [9.17, 15) is 4.79 Å². The lowest BCUT2D eigenvalue weighted by molar-refractivity contribution is 0.0787. The fourth-order valence-corrected chi connectivity index (χ4v) is 4.15. The number of carbonyl (C=O) groups excluding carboxylic acids is 1. The van der Waals surface area contributed by atoms with Crippen molar-refractivity contribution in [1.29, 1.82) is 0 Å². The maximum Gasteiger partial charge on any atom is 0.254 e. The molecule has 3 heterocycles. The average molecular weight is 401 g/mol. The minimum atomic E-state index is 0.0190. The smallest absolute Gasteiger partial charge is 0.254 e. The van der Waals surface area contributed by atoms with Gasteiger partial charge in [-0.3, -0.25) is 9.36 Å². The van der Waals surface area contributed by atoms with Gasteiger partial charge < -0.3 is 10.6 Å². The summed E-state index contributed by atoms with van der Waals surface area (Å²) in [6.07, 6.45) is 2.72. The highest BCUT2D eigenvalue weighted by molar-refractivity contribution is 5.97. The summed E-state index contributed by atoms with van der Waals surface area (Å²) in [5.74, 6) is 0.911. The molecule has 4 aromatic rings. The standard InChI is InChI=1S/C22H23N7O/c1-15-24-20-11-16(7-8-21(20)29(15)18-5-3-2-4-6-18)22(30)27-10-9-19(14-27)28-13-17(12-23)25-26-28/h2-8,11,13,19H,9-10,12,14,23H2,1H3. The zero-order valence-electron chi connectivity index (χ0n) is 16.8. The zero-order chi connectivity index (χ0) is 20.7. The highest BCUT2D eigenvalue weighted by Gasteiger charge is 2.29. The molecule has 1 fully saturated rings. The largest absolute Gasteiger partial charge is 0.336 e. The predicted octanol–water partition coefficient (Wildman–Crippen LogP) is 2.47. The van der Waals surface area contributed by atoms with Crippen molar-refractivity contribution in [3.63, 3.8) is 0 Å². The van der Waals surface area contributed by atoms with Gasteiger partial charge in [0, 0.05) is 30.9 Å². The second kappa shape index (κ2) is 7.38. The topological polar surface area (TPSA) is 94.9 Å². The van der Waals surface area contributed by atoms with Crippen LogP contribution in [0.15, 0.2) is 54.7 Å². The SMILES string of the molecule is Cc1nc2cc(C(=O)N3CCC(n4cc(CN)nn4)C3)ccc2n1-c1ccccc1. The fourth-order valence-electron chi connectivity index (χ4n) is 4.15. The number of benzene rings is 2. The van der Waals surface area contributed by atoms with Crippen molar-refractivity contribution >= 4 is 16.9 Å². The molecule has 2 aromatic heterocycles. The molecule has 0 spiro atoms. The summed E-state index contributed by atoms with van der Waals surface area (Å²) >= 11 is 0. The Hall–Kier alpha value is -3.52. The summed E-state index contributed by atoms with van der Waals surface area (Å²) in [7, 11) is 0. The van der Waals surface area contributed by atoms with Crippen molar-refractivity contribution in [2.75, 3.05) is 13.1 Å². The van der Waals surface area contributed by atoms with Gasteiger partial charge in [0.2, 0.25) is 0 Å². The molecule has 2 aromatic carbocycles. The number of para-hydroxylation sites is 1. The van der Waals surface area contributed by atoms with Crippen LogP contribution in [0.25, 0.3) is 16.7 Å². The molecule has 0 bridgehead atoms. The number of hydrogen-bond acceptors (Lipinski definition) is 5. The van der Waals surface area contributed by atoms with Crippen LogP contribution in [0.4, 0.5) is 0 Å². The molecular formula is C22H23N7O. The fraction of sp³-hybridized carbons (Fsp3) is 0.273. The van der Waals surface area contributed by atoms with Crippen LogP contribution in [-0.2, 0) is 6.54 Å². The summed E-state index contributed by atoms with van der Waals surface area (Å²) in [5.41, 5.74) is 9.91. The molecule has 30 heavy (non-hydrogen) atoms. The molecule has 5 rings (SSSR count). The van der Waals surface area contributed by atoms with Gasteiger partial charge in [-0.15, -0.1) is 5.10 Å². The molecular weight excluding hydrogens is 378 g/mol. The first-order valence-corrected chi connectivity index (χ1v) is 10.1. The van der Waals surface area contributed by atoms with Gasteiger partial charge in [-0.1, -0.05) is 23.4 Å². The van der Waals surface area contributed by atoms with E-state index in [0.717, 1.165) is 34.7 Å². The van der Waals surface area contributed by atoms with E-state index >= 15 is 0 Å². The Morgan fingerprint density at radius 1 is 1.20 bits per heavy atom. The predicted molar refractivity (Wildman–Crippen MR) is 113 cm³/mol. The molecule has 2 N–H and O–H groups in total. The molecule has 1 aliphatic heterocycles. The average Bonchev–Trinajstić information content (AvgIpc) is 3.50. The number of carbonyl (C=O) groups is 1. The Labute approximate surface area is 173 Å². The highest BCUT2D eigenvalue weighted by Crippen LogP contribution is 2.26. The van der Waals surface area contributed by atoms with Gasteiger partial charge in [0.25, 0.3) is 5.91 Å². The van der Waals surface area contributed by atoms with Crippen LogP contribution < -0.4 is 5.73 Å². The van der Waals surface area contributed by atoms with Crippen LogP contribution in [0.5, 0.6) is 0 Å². The first kappa shape index (κ1) is 18.5. The number of imidazole rings is 1. The van der Waals surface area contributed by atoms with Gasteiger partial charge in [-0.25, -0.2) is 9.67 Å². The van der Waals surface area contributed by atoms with Crippen LogP contribution in [0.2, 0.25) is 0 Å². The lowest BCUT2D eigenvalue weighted by atomic mass is 10.1. The Balaban J connectivity index is 1.39. The number of fused-ring (bicyclic) bond motifs is 1. The second-order valence-corrected chi connectivity index (χ2v) is 7.62. The van der Waals surface area contributed by atoms with E-state index in [1.165, 1.54) is 0 Å². The molecule has 0 saturated carbocycles. The van der Waals surface area contributed by atoms with Crippen molar-refractivity contribution in [2.24, 2.45) is 5.73 Å². The van der Waals surface area contributed by atoms with Gasteiger partial charge in [-0.2, -0.15) is 0 Å². The number of nitrogens with zero attached hydrogens (tertiary/aromatic N) is 6. The van der Waals surface area contributed by atoms with Crippen molar-refractivity contribution in [1.82, 2.24) is 29.4 Å². The van der Waals surface area contributed by atoms with Crippen LogP contribution in [0, 0.1) is 6.92 Å². The normalized spacial score (nSPS) is 16.5.